The molecule has 104 valence electrons. The Balaban J connectivity index is 2.03. The SMILES string of the molecule is C[C@@H](NC(=O)Cc1c(F)cccc1Cl)c1ccncc1. The van der Waals surface area contributed by atoms with Gasteiger partial charge >= 0.3 is 0 Å². The number of nitrogens with one attached hydrogen (secondary N) is 1. The highest BCUT2D eigenvalue weighted by molar-refractivity contribution is 6.31. The second-order valence-corrected chi connectivity index (χ2v) is 4.85. The zero-order valence-electron chi connectivity index (χ0n) is 10.9. The van der Waals surface area contributed by atoms with Gasteiger partial charge in [-0.1, -0.05) is 17.7 Å². The van der Waals surface area contributed by atoms with Crippen LogP contribution >= 0.6 is 11.6 Å². The fourth-order valence-electron chi connectivity index (χ4n) is 1.89. The number of hydrogen-bond acceptors (Lipinski definition) is 2. The second kappa shape index (κ2) is 6.48. The topological polar surface area (TPSA) is 42.0 Å². The van der Waals surface area contributed by atoms with Crippen LogP contribution in [0.3, 0.4) is 0 Å². The lowest BCUT2D eigenvalue weighted by Crippen LogP contribution is -2.28. The largest absolute Gasteiger partial charge is 0.349 e. The summed E-state index contributed by atoms with van der Waals surface area (Å²) in [5, 5.41) is 3.07. The minimum atomic E-state index is -0.468. The van der Waals surface area contributed by atoms with Gasteiger partial charge < -0.3 is 5.32 Å². The summed E-state index contributed by atoms with van der Waals surface area (Å²) in [4.78, 5) is 15.9. The van der Waals surface area contributed by atoms with E-state index in [1.807, 2.05) is 19.1 Å². The van der Waals surface area contributed by atoms with E-state index in [1.54, 1.807) is 18.5 Å². The molecule has 20 heavy (non-hydrogen) atoms. The van der Waals surface area contributed by atoms with Crippen LogP contribution in [0, 0.1) is 5.82 Å². The number of hydrogen-bond donors (Lipinski definition) is 1. The number of pyridine rings is 1. The van der Waals surface area contributed by atoms with Crippen LogP contribution in [-0.4, -0.2) is 10.9 Å². The minimum Gasteiger partial charge on any atom is -0.349 e. The standard InChI is InChI=1S/C15H14ClFN2O/c1-10(11-5-7-18-8-6-11)19-15(20)9-12-13(16)3-2-4-14(12)17/h2-8,10H,9H2,1H3,(H,19,20)/t10-/m1/s1. The Morgan fingerprint density at radius 3 is 2.70 bits per heavy atom. The van der Waals surface area contributed by atoms with Crippen molar-refractivity contribution in [3.8, 4) is 0 Å². The first-order valence-corrected chi connectivity index (χ1v) is 6.58. The number of amides is 1. The van der Waals surface area contributed by atoms with Gasteiger partial charge in [-0.2, -0.15) is 0 Å². The minimum absolute atomic E-state index is 0.0824. The highest BCUT2D eigenvalue weighted by atomic mass is 35.5. The number of carbonyl (C=O) groups excluding carboxylic acids is 1. The highest BCUT2D eigenvalue weighted by Crippen LogP contribution is 2.20. The zero-order valence-corrected chi connectivity index (χ0v) is 11.7. The molecule has 0 aliphatic rings. The van der Waals surface area contributed by atoms with Crippen molar-refractivity contribution in [2.24, 2.45) is 0 Å². The Labute approximate surface area is 121 Å². The summed E-state index contributed by atoms with van der Waals surface area (Å²) in [5.74, 6) is -0.745. The fraction of sp³-hybridized carbons (Fsp3) is 0.200. The van der Waals surface area contributed by atoms with Crippen molar-refractivity contribution in [1.82, 2.24) is 10.3 Å². The molecule has 0 radical (unpaired) electrons. The molecule has 0 saturated heterocycles. The molecule has 0 fully saturated rings. The van der Waals surface area contributed by atoms with Crippen LogP contribution in [0.1, 0.15) is 24.1 Å². The predicted octanol–water partition coefficient (Wildman–Crippen LogP) is 3.29. The van der Waals surface area contributed by atoms with Crippen molar-refractivity contribution in [3.63, 3.8) is 0 Å². The van der Waals surface area contributed by atoms with Crippen molar-refractivity contribution < 1.29 is 9.18 Å². The third-order valence-electron chi connectivity index (χ3n) is 2.98. The molecule has 2 aromatic rings. The van der Waals surface area contributed by atoms with E-state index in [0.29, 0.717) is 0 Å². The normalized spacial score (nSPS) is 11.9. The van der Waals surface area contributed by atoms with Crippen molar-refractivity contribution in [3.05, 3.63) is 64.7 Å². The van der Waals surface area contributed by atoms with Gasteiger partial charge in [-0.25, -0.2) is 4.39 Å². The van der Waals surface area contributed by atoms with E-state index in [1.165, 1.54) is 12.1 Å². The number of nitrogens with zero attached hydrogens (tertiary/aromatic N) is 1. The van der Waals surface area contributed by atoms with E-state index < -0.39 is 5.82 Å². The highest BCUT2D eigenvalue weighted by Gasteiger charge is 2.14. The number of benzene rings is 1. The monoisotopic (exact) mass is 292 g/mol. The predicted molar refractivity (Wildman–Crippen MR) is 75.9 cm³/mol. The second-order valence-electron chi connectivity index (χ2n) is 4.45. The summed E-state index contributed by atoms with van der Waals surface area (Å²) in [6, 6.07) is 7.84. The summed E-state index contributed by atoms with van der Waals surface area (Å²) in [5.41, 5.74) is 1.15. The molecular weight excluding hydrogens is 279 g/mol. The van der Waals surface area contributed by atoms with E-state index in [9.17, 15) is 9.18 Å². The van der Waals surface area contributed by atoms with Gasteiger partial charge in [0.1, 0.15) is 5.82 Å². The molecule has 1 heterocycles. The first kappa shape index (κ1) is 14.5. The quantitative estimate of drug-likeness (QED) is 0.939. The van der Waals surface area contributed by atoms with Crippen LogP contribution in [0.25, 0.3) is 0 Å². The molecular formula is C15H14ClFN2O. The van der Waals surface area contributed by atoms with Gasteiger partial charge in [0.15, 0.2) is 0 Å². The van der Waals surface area contributed by atoms with Gasteiger partial charge in [-0.05, 0) is 36.8 Å². The molecule has 5 heteroatoms. The smallest absolute Gasteiger partial charge is 0.225 e. The molecule has 2 rings (SSSR count). The number of halogens is 2. The Bertz CT molecular complexity index is 584. The molecule has 0 bridgehead atoms. The van der Waals surface area contributed by atoms with Gasteiger partial charge in [0.05, 0.1) is 12.5 Å². The van der Waals surface area contributed by atoms with E-state index in [-0.39, 0.29) is 29.0 Å². The summed E-state index contributed by atoms with van der Waals surface area (Å²) in [6.07, 6.45) is 3.23. The summed E-state index contributed by atoms with van der Waals surface area (Å²) in [6.45, 7) is 1.86. The van der Waals surface area contributed by atoms with Gasteiger partial charge in [-0.15, -0.1) is 0 Å². The van der Waals surface area contributed by atoms with Crippen molar-refractivity contribution >= 4 is 17.5 Å². The molecule has 0 aliphatic carbocycles. The van der Waals surface area contributed by atoms with E-state index in [0.717, 1.165) is 5.56 Å². The Morgan fingerprint density at radius 2 is 2.05 bits per heavy atom. The lowest BCUT2D eigenvalue weighted by atomic mass is 10.1. The first-order chi connectivity index (χ1) is 9.58. The third-order valence-corrected chi connectivity index (χ3v) is 3.34. The summed E-state index contributed by atoms with van der Waals surface area (Å²) < 4.78 is 13.6. The maximum atomic E-state index is 13.6. The van der Waals surface area contributed by atoms with Crippen LogP contribution in [-0.2, 0) is 11.2 Å². The van der Waals surface area contributed by atoms with Gasteiger partial charge in [0.2, 0.25) is 5.91 Å². The zero-order chi connectivity index (χ0) is 14.5. The van der Waals surface area contributed by atoms with Gasteiger partial charge in [-0.3, -0.25) is 9.78 Å². The van der Waals surface area contributed by atoms with Gasteiger partial charge in [0.25, 0.3) is 0 Å². The number of aromatic nitrogens is 1. The number of rotatable bonds is 4. The van der Waals surface area contributed by atoms with Crippen LogP contribution in [0.15, 0.2) is 42.7 Å². The Kier molecular flexibility index (Phi) is 4.69. The van der Waals surface area contributed by atoms with Crippen molar-refractivity contribution in [2.75, 3.05) is 0 Å². The molecule has 1 aromatic heterocycles. The number of carbonyl (C=O) groups is 1. The van der Waals surface area contributed by atoms with Crippen LogP contribution < -0.4 is 5.32 Å². The molecule has 0 aliphatic heterocycles. The lowest BCUT2D eigenvalue weighted by molar-refractivity contribution is -0.121. The molecule has 1 amide bonds. The first-order valence-electron chi connectivity index (χ1n) is 6.20. The van der Waals surface area contributed by atoms with E-state index in [4.69, 9.17) is 11.6 Å². The average Bonchev–Trinajstić information content (AvgIpc) is 2.44. The summed E-state index contributed by atoms with van der Waals surface area (Å²) >= 11 is 5.90. The maximum absolute atomic E-state index is 13.6. The fourth-order valence-corrected chi connectivity index (χ4v) is 2.12. The van der Waals surface area contributed by atoms with E-state index >= 15 is 0 Å². The third kappa shape index (κ3) is 3.54. The summed E-state index contributed by atoms with van der Waals surface area (Å²) in [7, 11) is 0. The molecule has 1 atom stereocenters. The molecule has 0 unspecified atom stereocenters. The van der Waals surface area contributed by atoms with Crippen molar-refractivity contribution in [1.29, 1.82) is 0 Å². The van der Waals surface area contributed by atoms with Crippen LogP contribution in [0.2, 0.25) is 5.02 Å². The lowest BCUT2D eigenvalue weighted by Gasteiger charge is -2.14. The Hall–Kier alpha value is -1.94. The molecule has 1 N–H and O–H groups in total. The molecule has 3 nitrogen and oxygen atoms in total. The van der Waals surface area contributed by atoms with Crippen LogP contribution in [0.5, 0.6) is 0 Å². The Morgan fingerprint density at radius 1 is 1.35 bits per heavy atom. The van der Waals surface area contributed by atoms with Gasteiger partial charge in [0, 0.05) is 23.0 Å². The van der Waals surface area contributed by atoms with E-state index in [2.05, 4.69) is 10.3 Å². The average molecular weight is 293 g/mol. The molecule has 0 spiro atoms. The van der Waals surface area contributed by atoms with Crippen LogP contribution in [0.4, 0.5) is 4.39 Å². The maximum Gasteiger partial charge on any atom is 0.225 e. The molecule has 0 saturated carbocycles. The van der Waals surface area contributed by atoms with Crippen molar-refractivity contribution in [2.45, 2.75) is 19.4 Å². The molecule has 1 aromatic carbocycles.